The molecule has 0 spiro atoms. The van der Waals surface area contributed by atoms with Crippen LogP contribution in [0.15, 0.2) is 0 Å². The molecule has 0 saturated carbocycles. The second-order valence-corrected chi connectivity index (χ2v) is 8.06. The Balaban J connectivity index is 0.000000609. The molecule has 1 N–H and O–H groups in total. The first-order valence-corrected chi connectivity index (χ1v) is 10.9. The van der Waals surface area contributed by atoms with E-state index >= 15 is 0 Å². The van der Waals surface area contributed by atoms with Crippen molar-refractivity contribution >= 4 is 10.1 Å². The summed E-state index contributed by atoms with van der Waals surface area (Å²) in [6, 6.07) is 0. The lowest BCUT2D eigenvalue weighted by molar-refractivity contribution is -0.0510. The van der Waals surface area contributed by atoms with Gasteiger partial charge in [-0.15, -0.1) is 0 Å². The maximum Gasteiger partial charge on any atom is 0.522 e. The van der Waals surface area contributed by atoms with Crippen molar-refractivity contribution in [2.75, 3.05) is 19.6 Å². The minimum absolute atomic E-state index is 1.37. The molecule has 1 aliphatic heterocycles. The molecule has 4 nitrogen and oxygen atoms in total. The van der Waals surface area contributed by atoms with E-state index in [0.29, 0.717) is 0 Å². The molecule has 0 radical (unpaired) electrons. The van der Waals surface area contributed by atoms with E-state index in [1.807, 2.05) is 0 Å². The van der Waals surface area contributed by atoms with E-state index in [9.17, 15) is 13.2 Å². The standard InChI is InChI=1S/C16H33N.CHF3O3S/c1-2-3-4-5-6-7-8-9-10-11-14-17-15-12-13-16-17;2-1(3,4)8(5,6)7/h2-16H2,1H3;(H,5,6,7). The molecule has 1 saturated heterocycles. The van der Waals surface area contributed by atoms with E-state index in [2.05, 4.69) is 11.8 Å². The van der Waals surface area contributed by atoms with E-state index < -0.39 is 15.6 Å². The second kappa shape index (κ2) is 13.8. The molecule has 0 atom stereocenters. The fourth-order valence-electron chi connectivity index (χ4n) is 2.83. The van der Waals surface area contributed by atoms with E-state index in [1.54, 1.807) is 0 Å². The summed E-state index contributed by atoms with van der Waals surface area (Å²) in [4.78, 5) is 2.64. The highest BCUT2D eigenvalue weighted by atomic mass is 32.2. The smallest absolute Gasteiger partial charge is 0.303 e. The number of unbranched alkanes of at least 4 members (excludes halogenated alkanes) is 9. The molecular formula is C17H34F3NO3S. The van der Waals surface area contributed by atoms with Gasteiger partial charge in [0, 0.05) is 0 Å². The summed E-state index contributed by atoms with van der Waals surface area (Å²) in [5.74, 6) is 0. The van der Waals surface area contributed by atoms with Crippen LogP contribution in [0.1, 0.15) is 84.0 Å². The molecule has 1 fully saturated rings. The summed E-state index contributed by atoms with van der Waals surface area (Å²) in [5.41, 5.74) is -5.53. The average molecular weight is 390 g/mol. The Labute approximate surface area is 150 Å². The molecule has 0 unspecified atom stereocenters. The lowest BCUT2D eigenvalue weighted by Crippen LogP contribution is -2.21. The van der Waals surface area contributed by atoms with Gasteiger partial charge in [0.15, 0.2) is 0 Å². The topological polar surface area (TPSA) is 57.6 Å². The van der Waals surface area contributed by atoms with Crippen LogP contribution in [0.4, 0.5) is 13.2 Å². The Hall–Kier alpha value is -0.340. The third-order valence-electron chi connectivity index (χ3n) is 4.32. The third kappa shape index (κ3) is 14.5. The molecule has 0 aromatic carbocycles. The van der Waals surface area contributed by atoms with Crippen LogP contribution in [0.5, 0.6) is 0 Å². The highest BCUT2D eigenvalue weighted by Gasteiger charge is 2.44. The predicted octanol–water partition coefficient (Wildman–Crippen LogP) is 5.40. The van der Waals surface area contributed by atoms with Crippen LogP contribution in [-0.4, -0.2) is 43.0 Å². The van der Waals surface area contributed by atoms with E-state index in [1.165, 1.54) is 96.7 Å². The van der Waals surface area contributed by atoms with Crippen molar-refractivity contribution in [2.24, 2.45) is 0 Å². The van der Waals surface area contributed by atoms with Crippen molar-refractivity contribution < 1.29 is 26.1 Å². The Morgan fingerprint density at radius 2 is 1.20 bits per heavy atom. The Morgan fingerprint density at radius 3 is 1.56 bits per heavy atom. The molecule has 0 bridgehead atoms. The minimum atomic E-state index is -5.84. The molecule has 152 valence electrons. The number of nitrogens with zero attached hydrogens (tertiary/aromatic N) is 1. The van der Waals surface area contributed by atoms with Crippen LogP contribution < -0.4 is 0 Å². The fraction of sp³-hybridized carbons (Fsp3) is 1.00. The molecule has 1 heterocycles. The van der Waals surface area contributed by atoms with Crippen LogP contribution >= 0.6 is 0 Å². The van der Waals surface area contributed by atoms with Crippen LogP contribution in [0.2, 0.25) is 0 Å². The monoisotopic (exact) mass is 389 g/mol. The maximum absolute atomic E-state index is 10.7. The van der Waals surface area contributed by atoms with Crippen LogP contribution in [0.3, 0.4) is 0 Å². The Morgan fingerprint density at radius 1 is 0.840 bits per heavy atom. The van der Waals surface area contributed by atoms with Gasteiger partial charge >= 0.3 is 15.6 Å². The molecule has 25 heavy (non-hydrogen) atoms. The lowest BCUT2D eigenvalue weighted by Gasteiger charge is -2.13. The summed E-state index contributed by atoms with van der Waals surface area (Å²) in [6.45, 7) is 6.41. The van der Waals surface area contributed by atoms with Crippen LogP contribution in [0, 0.1) is 0 Å². The van der Waals surface area contributed by atoms with Gasteiger partial charge in [-0.05, 0) is 38.9 Å². The highest BCUT2D eigenvalue weighted by molar-refractivity contribution is 7.86. The summed E-state index contributed by atoms with van der Waals surface area (Å²) < 4.78 is 57.5. The molecular weight excluding hydrogens is 355 g/mol. The number of hydrogen-bond acceptors (Lipinski definition) is 3. The van der Waals surface area contributed by atoms with Crippen LogP contribution in [0.25, 0.3) is 0 Å². The molecule has 0 aromatic heterocycles. The largest absolute Gasteiger partial charge is 0.522 e. The van der Waals surface area contributed by atoms with E-state index in [4.69, 9.17) is 13.0 Å². The summed E-state index contributed by atoms with van der Waals surface area (Å²) in [7, 11) is -5.84. The van der Waals surface area contributed by atoms with Gasteiger partial charge in [0.05, 0.1) is 0 Å². The first-order chi connectivity index (χ1) is 11.7. The second-order valence-electron chi connectivity index (χ2n) is 6.65. The van der Waals surface area contributed by atoms with Crippen molar-refractivity contribution in [1.82, 2.24) is 4.90 Å². The van der Waals surface area contributed by atoms with Crippen molar-refractivity contribution in [3.8, 4) is 0 Å². The SMILES string of the molecule is CCCCCCCCCCCCN1CCCC1.O=S(=O)(O)C(F)(F)F. The van der Waals surface area contributed by atoms with Gasteiger partial charge in [0.25, 0.3) is 0 Å². The Bertz CT molecular complexity index is 408. The number of likely N-dealkylation sites (tertiary alicyclic amines) is 1. The number of alkyl halides is 3. The minimum Gasteiger partial charge on any atom is -0.303 e. The van der Waals surface area contributed by atoms with Crippen molar-refractivity contribution in [2.45, 2.75) is 89.5 Å². The molecule has 1 rings (SSSR count). The number of hydrogen-bond donors (Lipinski definition) is 1. The summed E-state index contributed by atoms with van der Waals surface area (Å²) >= 11 is 0. The fourth-order valence-corrected chi connectivity index (χ4v) is 2.83. The first-order valence-electron chi connectivity index (χ1n) is 9.44. The van der Waals surface area contributed by atoms with Gasteiger partial charge in [0.1, 0.15) is 0 Å². The summed E-state index contributed by atoms with van der Waals surface area (Å²) in [6.07, 6.45) is 17.4. The molecule has 1 aliphatic rings. The van der Waals surface area contributed by atoms with Gasteiger partial charge in [-0.1, -0.05) is 64.7 Å². The lowest BCUT2D eigenvalue weighted by atomic mass is 10.1. The zero-order valence-corrected chi connectivity index (χ0v) is 16.2. The van der Waals surface area contributed by atoms with Gasteiger partial charge in [-0.2, -0.15) is 21.6 Å². The average Bonchev–Trinajstić information content (AvgIpc) is 3.01. The third-order valence-corrected chi connectivity index (χ3v) is 4.90. The van der Waals surface area contributed by atoms with E-state index in [0.717, 1.165) is 0 Å². The quantitative estimate of drug-likeness (QED) is 0.292. The summed E-state index contributed by atoms with van der Waals surface area (Å²) in [5, 5.41) is 0. The van der Waals surface area contributed by atoms with Gasteiger partial charge in [-0.25, -0.2) is 0 Å². The molecule has 0 aromatic rings. The van der Waals surface area contributed by atoms with Crippen LogP contribution in [-0.2, 0) is 10.1 Å². The highest BCUT2D eigenvalue weighted by Crippen LogP contribution is 2.20. The van der Waals surface area contributed by atoms with Crippen molar-refractivity contribution in [3.05, 3.63) is 0 Å². The molecule has 0 amide bonds. The molecule has 8 heteroatoms. The van der Waals surface area contributed by atoms with Crippen molar-refractivity contribution in [3.63, 3.8) is 0 Å². The maximum atomic E-state index is 10.7. The zero-order chi connectivity index (χ0) is 19.2. The van der Waals surface area contributed by atoms with E-state index in [-0.39, 0.29) is 0 Å². The van der Waals surface area contributed by atoms with Crippen molar-refractivity contribution in [1.29, 1.82) is 0 Å². The first kappa shape index (κ1) is 24.7. The van der Waals surface area contributed by atoms with Gasteiger partial charge in [0.2, 0.25) is 0 Å². The zero-order valence-electron chi connectivity index (χ0n) is 15.4. The predicted molar refractivity (Wildman–Crippen MR) is 95.1 cm³/mol. The Kier molecular flexibility index (Phi) is 13.6. The molecule has 0 aliphatic carbocycles. The van der Waals surface area contributed by atoms with Gasteiger partial charge in [-0.3, -0.25) is 4.55 Å². The van der Waals surface area contributed by atoms with Gasteiger partial charge < -0.3 is 4.90 Å². The number of halogens is 3. The normalized spacial score (nSPS) is 15.9. The number of rotatable bonds is 11.